The monoisotopic (exact) mass is 625 g/mol. The van der Waals surface area contributed by atoms with Crippen molar-refractivity contribution in [2.24, 2.45) is 29.1 Å². The second kappa shape index (κ2) is 15.2. The van der Waals surface area contributed by atoms with Gasteiger partial charge in [-0.1, -0.05) is 13.8 Å². The van der Waals surface area contributed by atoms with Crippen molar-refractivity contribution in [2.75, 3.05) is 54.4 Å². The van der Waals surface area contributed by atoms with Gasteiger partial charge in [-0.3, -0.25) is 14.5 Å². The number of rotatable bonds is 5. The van der Waals surface area contributed by atoms with Gasteiger partial charge in [-0.25, -0.2) is 0 Å². The topological polar surface area (TPSA) is 112 Å². The number of likely N-dealkylation sites (N-methyl/N-ethyl adjacent to an activating group) is 2. The molecule has 0 spiro atoms. The second-order valence-electron chi connectivity index (χ2n) is 15.6. The third-order valence-corrected chi connectivity index (χ3v) is 10.4. The summed E-state index contributed by atoms with van der Waals surface area (Å²) in [7, 11) is 7.67. The predicted octanol–water partition coefficient (Wildman–Crippen LogP) is 3.03. The molecule has 4 aliphatic rings. The maximum Gasteiger partial charge on any atom is 0.319 e. The Hall–Kier alpha value is -1.14. The van der Waals surface area contributed by atoms with Crippen LogP contribution >= 0.6 is 0 Å². The van der Waals surface area contributed by atoms with Crippen molar-refractivity contribution in [2.45, 2.75) is 123 Å². The van der Waals surface area contributed by atoms with Crippen molar-refractivity contribution in [1.29, 1.82) is 0 Å². The van der Waals surface area contributed by atoms with Gasteiger partial charge in [-0.15, -0.1) is 0 Å². The predicted molar refractivity (Wildman–Crippen MR) is 171 cm³/mol. The Morgan fingerprint density at radius 2 is 1.61 bits per heavy atom. The van der Waals surface area contributed by atoms with E-state index in [1.807, 2.05) is 39.8 Å². The fourth-order valence-corrected chi connectivity index (χ4v) is 7.81. The summed E-state index contributed by atoms with van der Waals surface area (Å²) in [6.45, 7) is 17.9. The summed E-state index contributed by atoms with van der Waals surface area (Å²) in [6, 6.07) is 0.137. The van der Waals surface area contributed by atoms with E-state index in [1.54, 1.807) is 21.0 Å². The van der Waals surface area contributed by atoms with E-state index in [2.05, 4.69) is 30.7 Å². The van der Waals surface area contributed by atoms with Crippen molar-refractivity contribution < 1.29 is 34.0 Å². The van der Waals surface area contributed by atoms with Gasteiger partial charge in [0.05, 0.1) is 17.7 Å². The number of aliphatic hydroxyl groups excluding tert-OH is 2. The van der Waals surface area contributed by atoms with Crippen LogP contribution in [0.1, 0.15) is 80.6 Å². The van der Waals surface area contributed by atoms with Crippen LogP contribution in [0, 0.1) is 29.1 Å². The Bertz CT molecular complexity index is 953. The second-order valence-corrected chi connectivity index (χ2v) is 15.6. The fraction of sp³-hybridized carbons (Fsp3) is 0.941. The molecule has 4 fully saturated rings. The van der Waals surface area contributed by atoms with Gasteiger partial charge < -0.3 is 34.2 Å². The van der Waals surface area contributed by atoms with Crippen LogP contribution in [0.25, 0.3) is 0 Å². The molecule has 10 heteroatoms. The molecule has 0 amide bonds. The smallest absolute Gasteiger partial charge is 0.319 e. The number of nitrogens with zero attached hydrogens (tertiary/aromatic N) is 3. The average Bonchev–Trinajstić information content (AvgIpc) is 3.72. The molecule has 3 saturated heterocycles. The van der Waals surface area contributed by atoms with Gasteiger partial charge in [0.15, 0.2) is 12.1 Å². The average molecular weight is 626 g/mol. The highest BCUT2D eigenvalue weighted by Crippen LogP contribution is 2.37. The third kappa shape index (κ3) is 9.46. The van der Waals surface area contributed by atoms with Crippen LogP contribution in [0.3, 0.4) is 0 Å². The third-order valence-electron chi connectivity index (χ3n) is 10.4. The minimum absolute atomic E-state index is 0.01000. The van der Waals surface area contributed by atoms with E-state index in [0.717, 1.165) is 38.4 Å². The minimum Gasteiger partial charge on any atom is -0.460 e. The SMILES string of the molecule is CO[C@]1(C)C[C@@H](C)CN(C)[C@H](C2CN(CC3CC3)C2)[C@@H](C)OC(=O)C(C)(C)C(=O)[C@H](C)C1.C[C@@H]1C[C@H](N(C)C)[C@@H](O)[C@H](O)O1. The molecule has 44 heavy (non-hydrogen) atoms. The highest BCUT2D eigenvalue weighted by molar-refractivity contribution is 6.04. The highest BCUT2D eigenvalue weighted by atomic mass is 16.6. The molecule has 0 unspecified atom stereocenters. The first-order valence-corrected chi connectivity index (χ1v) is 16.8. The van der Waals surface area contributed by atoms with E-state index < -0.39 is 29.4 Å². The first-order chi connectivity index (χ1) is 20.4. The van der Waals surface area contributed by atoms with E-state index in [1.165, 1.54) is 19.4 Å². The molecule has 9 atom stereocenters. The normalized spacial score (nSPS) is 40.1. The molecule has 10 nitrogen and oxygen atoms in total. The number of likely N-dealkylation sites (tertiary alicyclic amines) is 1. The van der Waals surface area contributed by atoms with Crippen molar-refractivity contribution in [3.8, 4) is 0 Å². The molecule has 0 aromatic carbocycles. The highest BCUT2D eigenvalue weighted by Gasteiger charge is 2.47. The Kier molecular flexibility index (Phi) is 12.9. The molecule has 0 radical (unpaired) electrons. The Morgan fingerprint density at radius 3 is 2.16 bits per heavy atom. The molecule has 4 rings (SSSR count). The van der Waals surface area contributed by atoms with Gasteiger partial charge in [-0.2, -0.15) is 0 Å². The van der Waals surface area contributed by atoms with Crippen LogP contribution in [0.4, 0.5) is 0 Å². The Morgan fingerprint density at radius 1 is 1.00 bits per heavy atom. The Labute approximate surface area is 266 Å². The quantitative estimate of drug-likeness (QED) is 0.349. The fourth-order valence-electron chi connectivity index (χ4n) is 7.81. The number of aliphatic hydroxyl groups is 2. The number of carbonyl (C=O) groups is 2. The first kappa shape index (κ1) is 37.3. The van der Waals surface area contributed by atoms with E-state index in [4.69, 9.17) is 14.2 Å². The van der Waals surface area contributed by atoms with Crippen LogP contribution in [0.5, 0.6) is 0 Å². The number of esters is 1. The maximum absolute atomic E-state index is 13.3. The lowest BCUT2D eigenvalue weighted by Gasteiger charge is -2.48. The molecule has 2 N–H and O–H groups in total. The van der Waals surface area contributed by atoms with Gasteiger partial charge in [0.1, 0.15) is 17.6 Å². The van der Waals surface area contributed by atoms with Gasteiger partial charge in [-0.05, 0) is 99.7 Å². The summed E-state index contributed by atoms with van der Waals surface area (Å²) in [5, 5.41) is 18.8. The van der Waals surface area contributed by atoms with Crippen LogP contribution in [-0.4, -0.2) is 133 Å². The molecule has 256 valence electrons. The van der Waals surface area contributed by atoms with Crippen molar-refractivity contribution in [3.05, 3.63) is 0 Å². The number of ether oxygens (including phenoxy) is 3. The molecule has 0 aromatic heterocycles. The zero-order valence-electron chi connectivity index (χ0n) is 29.4. The van der Waals surface area contributed by atoms with Crippen LogP contribution in [0.2, 0.25) is 0 Å². The molecular weight excluding hydrogens is 562 g/mol. The van der Waals surface area contributed by atoms with Crippen molar-refractivity contribution in [1.82, 2.24) is 14.7 Å². The van der Waals surface area contributed by atoms with Gasteiger partial charge in [0, 0.05) is 51.2 Å². The van der Waals surface area contributed by atoms with Crippen molar-refractivity contribution >= 4 is 11.8 Å². The zero-order chi connectivity index (χ0) is 33.1. The lowest BCUT2D eigenvalue weighted by molar-refractivity contribution is -0.230. The summed E-state index contributed by atoms with van der Waals surface area (Å²) in [6.07, 6.45) is 2.89. The molecular formula is C34H63N3O7. The van der Waals surface area contributed by atoms with Gasteiger partial charge >= 0.3 is 5.97 Å². The van der Waals surface area contributed by atoms with Crippen LogP contribution < -0.4 is 0 Å². The van der Waals surface area contributed by atoms with E-state index in [9.17, 15) is 19.8 Å². The summed E-state index contributed by atoms with van der Waals surface area (Å²) < 4.78 is 17.0. The van der Waals surface area contributed by atoms with E-state index in [-0.39, 0.29) is 36.0 Å². The van der Waals surface area contributed by atoms with E-state index >= 15 is 0 Å². The molecule has 3 aliphatic heterocycles. The molecule has 1 saturated carbocycles. The number of hydrogen-bond acceptors (Lipinski definition) is 10. The van der Waals surface area contributed by atoms with Crippen LogP contribution in [0.15, 0.2) is 0 Å². The summed E-state index contributed by atoms with van der Waals surface area (Å²) in [5.74, 6) is 1.03. The largest absolute Gasteiger partial charge is 0.460 e. The number of carbonyl (C=O) groups excluding carboxylic acids is 2. The van der Waals surface area contributed by atoms with Crippen LogP contribution in [-0.2, 0) is 23.8 Å². The minimum atomic E-state index is -1.16. The summed E-state index contributed by atoms with van der Waals surface area (Å²) in [5.41, 5.74) is -1.56. The number of ketones is 1. The summed E-state index contributed by atoms with van der Waals surface area (Å²) in [4.78, 5) is 33.3. The van der Waals surface area contributed by atoms with E-state index in [0.29, 0.717) is 18.3 Å². The molecule has 0 bridgehead atoms. The number of methoxy groups -OCH3 is 1. The number of Topliss-reactive ketones (excluding diaryl/α,β-unsaturated/α-hetero) is 1. The summed E-state index contributed by atoms with van der Waals surface area (Å²) >= 11 is 0. The Balaban J connectivity index is 0.000000369. The lowest BCUT2D eigenvalue weighted by atomic mass is 9.76. The molecule has 3 heterocycles. The molecule has 1 aliphatic carbocycles. The van der Waals surface area contributed by atoms with Gasteiger partial charge in [0.2, 0.25) is 0 Å². The number of hydrogen-bond donors (Lipinski definition) is 2. The van der Waals surface area contributed by atoms with Gasteiger partial charge in [0.25, 0.3) is 0 Å². The standard InChI is InChI=1S/C26H46N2O4.C8H17NO3/c1-17-11-26(6,31-8)12-18(2)23(29)25(4,5)24(30)32-19(3)22(27(7)13-17)21-15-28(16-21)14-20-9-10-20;1-5-4-6(9(2)3)7(10)8(11)12-5/h17-22H,9-16H2,1-8H3;5-8,10-11H,4H2,1-3H3/t17-,18-,19-,22+,26-;5-,6+,7-,8-/m11/s1. The lowest BCUT2D eigenvalue weighted by Crippen LogP contribution is -2.60. The number of cyclic esters (lactones) is 1. The molecule has 0 aromatic rings. The zero-order valence-corrected chi connectivity index (χ0v) is 29.4. The maximum atomic E-state index is 13.3. The first-order valence-electron chi connectivity index (χ1n) is 16.8. The van der Waals surface area contributed by atoms with Crippen molar-refractivity contribution in [3.63, 3.8) is 0 Å².